The van der Waals surface area contributed by atoms with Gasteiger partial charge in [-0.3, -0.25) is 4.98 Å². The molecular weight excluding hydrogens is 896 g/mol. The van der Waals surface area contributed by atoms with Gasteiger partial charge in [0.1, 0.15) is 11.5 Å². The predicted octanol–water partition coefficient (Wildman–Crippen LogP) is 11.7. The van der Waals surface area contributed by atoms with Crippen molar-refractivity contribution in [1.29, 1.82) is 0 Å². The fourth-order valence-electron chi connectivity index (χ4n) is 7.85. The van der Waals surface area contributed by atoms with E-state index in [2.05, 4.69) is 129 Å². The number of aromatic nitrogens is 4. The van der Waals surface area contributed by atoms with Gasteiger partial charge in [0.05, 0.1) is 16.6 Å². The largest absolute Gasteiger partial charge is 2.00 e. The molecule has 0 aliphatic carbocycles. The number of pyridine rings is 1. The average Bonchev–Trinajstić information content (AvgIpc) is 3.83. The number of para-hydroxylation sites is 2. The Kier molecular flexibility index (Phi) is 8.87. The minimum absolute atomic E-state index is 0. The van der Waals surface area contributed by atoms with Crippen LogP contribution in [0.1, 0.15) is 0 Å². The maximum absolute atomic E-state index is 6.56. The van der Waals surface area contributed by atoms with E-state index in [0.717, 1.165) is 83.7 Å². The molecule has 0 saturated heterocycles. The molecule has 7 nitrogen and oxygen atoms in total. The third-order valence-corrected chi connectivity index (χ3v) is 10.3. The van der Waals surface area contributed by atoms with Crippen LogP contribution in [0.3, 0.4) is 0 Å². The van der Waals surface area contributed by atoms with Gasteiger partial charge in [0.15, 0.2) is 5.52 Å². The van der Waals surface area contributed by atoms with E-state index in [0.29, 0.717) is 11.5 Å². The molecule has 0 unspecified atom stereocenters. The van der Waals surface area contributed by atoms with Crippen molar-refractivity contribution in [1.82, 2.24) is 28.7 Å². The van der Waals surface area contributed by atoms with Gasteiger partial charge in [0, 0.05) is 41.7 Å². The van der Waals surface area contributed by atoms with Crippen LogP contribution < -0.4 is 13.9 Å². The van der Waals surface area contributed by atoms with Crippen LogP contribution in [0.4, 0.5) is 22.7 Å². The molecule has 0 bridgehead atoms. The first-order chi connectivity index (χ1) is 28.3. The summed E-state index contributed by atoms with van der Waals surface area (Å²) in [6.07, 6.45) is 5.28. The SMILES string of the molecule is C1=[N+](c2[c-]c(Oc3[c-]c4c(cc3)c3ccccc3n4-c3ccccn3)ccc2)c2ccc3nccnc3c2[N+]=1c1c(-c2ccccc2)cccc1-c1ccccc1.[Pt+2]. The molecule has 8 heteroatoms. The van der Waals surface area contributed by atoms with Crippen molar-refractivity contribution in [3.63, 3.8) is 0 Å². The van der Waals surface area contributed by atoms with Gasteiger partial charge in [-0.2, -0.15) is 12.1 Å². The molecule has 274 valence electrons. The van der Waals surface area contributed by atoms with Crippen LogP contribution in [0.25, 0.3) is 60.9 Å². The number of hydrogen-bond acceptors (Lipinski definition) is 4. The summed E-state index contributed by atoms with van der Waals surface area (Å²) in [5.74, 6) is 1.92. The molecule has 10 aromatic rings. The van der Waals surface area contributed by atoms with Gasteiger partial charge >= 0.3 is 32.8 Å². The van der Waals surface area contributed by atoms with Gasteiger partial charge < -0.3 is 9.30 Å². The molecular formula is C50H30N6OPt+2. The molecule has 0 radical (unpaired) electrons. The summed E-state index contributed by atoms with van der Waals surface area (Å²) >= 11 is 0. The number of nitrogens with zero attached hydrogens (tertiary/aromatic N) is 6. The molecule has 0 saturated carbocycles. The van der Waals surface area contributed by atoms with Crippen LogP contribution >= 0.6 is 0 Å². The molecule has 1 aliphatic heterocycles. The third kappa shape index (κ3) is 5.93. The van der Waals surface area contributed by atoms with Crippen molar-refractivity contribution in [2.75, 3.05) is 0 Å². The molecule has 7 aromatic carbocycles. The third-order valence-electron chi connectivity index (χ3n) is 10.3. The van der Waals surface area contributed by atoms with Crippen LogP contribution in [0.15, 0.2) is 182 Å². The summed E-state index contributed by atoms with van der Waals surface area (Å²) in [7, 11) is 0. The van der Waals surface area contributed by atoms with E-state index in [4.69, 9.17) is 14.7 Å². The topological polar surface area (TPSA) is 58.9 Å². The number of fused-ring (bicyclic) bond motifs is 6. The van der Waals surface area contributed by atoms with Crippen molar-refractivity contribution in [2.24, 2.45) is 0 Å². The van der Waals surface area contributed by atoms with Gasteiger partial charge in [-0.05, 0) is 57.5 Å². The van der Waals surface area contributed by atoms with E-state index in [1.54, 1.807) is 18.6 Å². The Bertz CT molecular complexity index is 3190. The van der Waals surface area contributed by atoms with Gasteiger partial charge in [-0.1, -0.05) is 113 Å². The van der Waals surface area contributed by atoms with Gasteiger partial charge in [0.2, 0.25) is 5.69 Å². The van der Waals surface area contributed by atoms with Crippen LogP contribution in [0.2, 0.25) is 0 Å². The maximum atomic E-state index is 6.56. The molecule has 0 amide bonds. The zero-order valence-corrected chi connectivity index (χ0v) is 33.0. The minimum Gasteiger partial charge on any atom is -0.509 e. The maximum Gasteiger partial charge on any atom is 2.00 e. The predicted molar refractivity (Wildman–Crippen MR) is 228 cm³/mol. The van der Waals surface area contributed by atoms with E-state index >= 15 is 0 Å². The van der Waals surface area contributed by atoms with E-state index in [9.17, 15) is 0 Å². The fraction of sp³-hybridized carbons (Fsp3) is 0. The first-order valence-electron chi connectivity index (χ1n) is 18.7. The van der Waals surface area contributed by atoms with Crippen molar-refractivity contribution in [3.8, 4) is 39.6 Å². The summed E-state index contributed by atoms with van der Waals surface area (Å²) in [5, 5.41) is 2.19. The quantitative estimate of drug-likeness (QED) is 0.118. The second-order valence-corrected chi connectivity index (χ2v) is 13.7. The summed E-state index contributed by atoms with van der Waals surface area (Å²) < 4.78 is 12.9. The van der Waals surface area contributed by atoms with Crippen molar-refractivity contribution in [3.05, 3.63) is 195 Å². The van der Waals surface area contributed by atoms with E-state index in [1.165, 1.54) is 0 Å². The molecule has 0 spiro atoms. The molecule has 58 heavy (non-hydrogen) atoms. The van der Waals surface area contributed by atoms with E-state index < -0.39 is 0 Å². The number of rotatable bonds is 7. The first kappa shape index (κ1) is 35.1. The Hall–Kier alpha value is -7.30. The Morgan fingerprint density at radius 2 is 1.22 bits per heavy atom. The summed E-state index contributed by atoms with van der Waals surface area (Å²) in [4.78, 5) is 14.3. The molecule has 0 fully saturated rings. The van der Waals surface area contributed by atoms with E-state index in [1.807, 2.05) is 71.3 Å². The Labute approximate surface area is 348 Å². The molecule has 0 atom stereocenters. The Morgan fingerprint density at radius 1 is 0.517 bits per heavy atom. The normalized spacial score (nSPS) is 11.9. The molecule has 0 N–H and O–H groups in total. The van der Waals surface area contributed by atoms with Crippen LogP contribution in [-0.2, 0) is 21.1 Å². The fourth-order valence-corrected chi connectivity index (χ4v) is 7.85. The zero-order valence-electron chi connectivity index (χ0n) is 30.7. The minimum atomic E-state index is 0. The smallest absolute Gasteiger partial charge is 0.509 e. The second-order valence-electron chi connectivity index (χ2n) is 13.7. The number of hydrogen-bond donors (Lipinski definition) is 0. The molecule has 4 heterocycles. The van der Waals surface area contributed by atoms with Crippen LogP contribution in [0.5, 0.6) is 11.5 Å². The molecule has 1 aliphatic rings. The molecule has 3 aromatic heterocycles. The average molecular weight is 926 g/mol. The summed E-state index contributed by atoms with van der Waals surface area (Å²) in [5.41, 5.74) is 11.3. The van der Waals surface area contributed by atoms with Gasteiger partial charge in [-0.25, -0.2) is 9.97 Å². The van der Waals surface area contributed by atoms with Crippen molar-refractivity contribution < 1.29 is 25.8 Å². The Morgan fingerprint density at radius 3 is 2.00 bits per heavy atom. The zero-order chi connectivity index (χ0) is 37.7. The number of benzene rings is 7. The van der Waals surface area contributed by atoms with Crippen LogP contribution in [-0.4, -0.2) is 25.5 Å². The first-order valence-corrected chi connectivity index (χ1v) is 18.7. The summed E-state index contributed by atoms with van der Waals surface area (Å²) in [6.45, 7) is 0. The second kappa shape index (κ2) is 14.6. The van der Waals surface area contributed by atoms with E-state index in [-0.39, 0.29) is 21.1 Å². The number of ether oxygens (including phenoxy) is 1. The summed E-state index contributed by atoms with van der Waals surface area (Å²) in [6, 6.07) is 66.5. The van der Waals surface area contributed by atoms with Crippen LogP contribution in [0, 0.1) is 12.1 Å². The van der Waals surface area contributed by atoms with Gasteiger partial charge in [0.25, 0.3) is 5.69 Å². The van der Waals surface area contributed by atoms with Crippen molar-refractivity contribution >= 4 is 61.6 Å². The Balaban J connectivity index is 0.00000408. The molecule has 11 rings (SSSR count). The van der Waals surface area contributed by atoms with Crippen molar-refractivity contribution in [2.45, 2.75) is 0 Å². The monoisotopic (exact) mass is 925 g/mol. The van der Waals surface area contributed by atoms with Gasteiger partial charge in [-0.15, -0.1) is 23.6 Å². The standard InChI is InChI=1S/C50H30N6O.Pt/c1-3-13-34(14-4-1)39-20-12-21-40(35-15-5-2-6-16-35)49(39)55-33-54(45-27-26-43-48(50(45)55)53-30-29-51-43)36-17-11-18-37(31-36)57-38-24-25-42-41-19-7-8-22-44(41)56(46(42)32-38)47-23-9-10-28-52-47;/h1-30H;/q;+2.